The predicted octanol–water partition coefficient (Wildman–Crippen LogP) is 2.10. The van der Waals surface area contributed by atoms with Crippen LogP contribution in [0.15, 0.2) is 23.4 Å². The number of rotatable bonds is 4. The van der Waals surface area contributed by atoms with Crippen LogP contribution >= 0.6 is 0 Å². The third-order valence-corrected chi connectivity index (χ3v) is 1.45. The minimum atomic E-state index is 0.825. The third kappa shape index (κ3) is 5.40. The van der Waals surface area contributed by atoms with Crippen molar-refractivity contribution >= 4 is 6.21 Å². The van der Waals surface area contributed by atoms with Crippen LogP contribution in [-0.4, -0.2) is 12.8 Å². The van der Waals surface area contributed by atoms with Gasteiger partial charge in [0.25, 0.3) is 0 Å². The fourth-order valence-corrected chi connectivity index (χ4v) is 0.582. The molecule has 0 aromatic rings. The van der Waals surface area contributed by atoms with Crippen molar-refractivity contribution in [1.29, 1.82) is 5.41 Å². The first kappa shape index (κ1) is 9.95. The Bertz CT molecular complexity index is 178. The van der Waals surface area contributed by atoms with Gasteiger partial charge >= 0.3 is 0 Å². The molecule has 0 atom stereocenters. The molecule has 0 unspecified atom stereocenters. The van der Waals surface area contributed by atoms with Gasteiger partial charge in [-0.2, -0.15) is 0 Å². The van der Waals surface area contributed by atoms with E-state index in [9.17, 15) is 0 Å². The summed E-state index contributed by atoms with van der Waals surface area (Å²) in [4.78, 5) is 0. The summed E-state index contributed by atoms with van der Waals surface area (Å²) >= 11 is 0. The molecule has 2 heteroatoms. The van der Waals surface area contributed by atoms with Gasteiger partial charge in [-0.25, -0.2) is 0 Å². The third-order valence-electron chi connectivity index (χ3n) is 1.45. The van der Waals surface area contributed by atoms with Gasteiger partial charge in [0.2, 0.25) is 0 Å². The average molecular weight is 152 g/mol. The van der Waals surface area contributed by atoms with Gasteiger partial charge in [0.1, 0.15) is 0 Å². The maximum Gasteiger partial charge on any atom is 0.0357 e. The summed E-state index contributed by atoms with van der Waals surface area (Å²) in [6.45, 7) is 6.85. The lowest BCUT2D eigenvalue weighted by Gasteiger charge is -2.04. The molecule has 0 aliphatic heterocycles. The minimum absolute atomic E-state index is 0.825. The highest BCUT2D eigenvalue weighted by molar-refractivity contribution is 5.68. The molecule has 2 nitrogen and oxygen atoms in total. The van der Waals surface area contributed by atoms with Crippen molar-refractivity contribution in [2.75, 3.05) is 6.54 Å². The Morgan fingerprint density at radius 2 is 2.09 bits per heavy atom. The molecule has 0 heterocycles. The van der Waals surface area contributed by atoms with Gasteiger partial charge in [-0.1, -0.05) is 11.6 Å². The molecule has 0 saturated heterocycles. The zero-order valence-corrected chi connectivity index (χ0v) is 7.44. The smallest absolute Gasteiger partial charge is 0.0357 e. The zero-order valence-electron chi connectivity index (χ0n) is 7.44. The highest BCUT2D eigenvalue weighted by Gasteiger charge is 1.87. The monoisotopic (exact) mass is 152 g/mol. The first-order valence-corrected chi connectivity index (χ1v) is 3.73. The van der Waals surface area contributed by atoms with Crippen molar-refractivity contribution < 1.29 is 0 Å². The quantitative estimate of drug-likeness (QED) is 0.594. The molecular weight excluding hydrogens is 136 g/mol. The van der Waals surface area contributed by atoms with Gasteiger partial charge in [-0.05, 0) is 26.8 Å². The molecule has 0 aliphatic rings. The molecule has 0 bridgehead atoms. The minimum Gasteiger partial charge on any atom is -0.385 e. The molecular formula is C9H16N2. The van der Waals surface area contributed by atoms with E-state index in [1.807, 2.05) is 26.8 Å². The Balaban J connectivity index is 3.70. The maximum absolute atomic E-state index is 6.82. The summed E-state index contributed by atoms with van der Waals surface area (Å²) < 4.78 is 0. The van der Waals surface area contributed by atoms with Crippen LogP contribution < -0.4 is 5.32 Å². The van der Waals surface area contributed by atoms with Crippen LogP contribution in [-0.2, 0) is 0 Å². The largest absolute Gasteiger partial charge is 0.385 e. The molecule has 2 N–H and O–H groups in total. The maximum atomic E-state index is 6.82. The first-order chi connectivity index (χ1) is 5.20. The number of hydrogen-bond acceptors (Lipinski definition) is 2. The van der Waals surface area contributed by atoms with Gasteiger partial charge in [0, 0.05) is 18.5 Å². The standard InChI is InChI=1S/C9H16N2/c1-4-9(3)11-7-8(2)5-6-10/h4-6,10-11H,7H2,1-3H3/b8-5+,9-4+,10-6?. The molecule has 0 saturated carbocycles. The average Bonchev–Trinajstić information content (AvgIpc) is 2.01. The van der Waals surface area contributed by atoms with Crippen LogP contribution in [0.4, 0.5) is 0 Å². The number of allylic oxidation sites excluding steroid dienone is 3. The summed E-state index contributed by atoms with van der Waals surface area (Å²) in [5.41, 5.74) is 2.34. The van der Waals surface area contributed by atoms with Crippen molar-refractivity contribution in [1.82, 2.24) is 5.32 Å². The van der Waals surface area contributed by atoms with Crippen LogP contribution in [0.5, 0.6) is 0 Å². The lowest BCUT2D eigenvalue weighted by atomic mass is 10.3. The Labute approximate surface area is 68.5 Å². The van der Waals surface area contributed by atoms with Gasteiger partial charge in [0.15, 0.2) is 0 Å². The van der Waals surface area contributed by atoms with Gasteiger partial charge in [-0.15, -0.1) is 0 Å². The molecule has 11 heavy (non-hydrogen) atoms. The second-order valence-electron chi connectivity index (χ2n) is 2.50. The Hall–Kier alpha value is -1.05. The molecule has 62 valence electrons. The van der Waals surface area contributed by atoms with E-state index in [4.69, 9.17) is 5.41 Å². The topological polar surface area (TPSA) is 35.9 Å². The fraction of sp³-hybridized carbons (Fsp3) is 0.444. The van der Waals surface area contributed by atoms with E-state index in [2.05, 4.69) is 5.32 Å². The molecule has 0 aliphatic carbocycles. The highest BCUT2D eigenvalue weighted by Crippen LogP contribution is 1.90. The molecule has 0 fully saturated rings. The summed E-state index contributed by atoms with van der Waals surface area (Å²) in [6.07, 6.45) is 5.12. The van der Waals surface area contributed by atoms with Gasteiger partial charge in [-0.3, -0.25) is 0 Å². The van der Waals surface area contributed by atoms with Crippen LogP contribution in [0, 0.1) is 5.41 Å². The van der Waals surface area contributed by atoms with Gasteiger partial charge < -0.3 is 10.7 Å². The van der Waals surface area contributed by atoms with E-state index in [1.54, 1.807) is 6.08 Å². The summed E-state index contributed by atoms with van der Waals surface area (Å²) in [7, 11) is 0. The fourth-order valence-electron chi connectivity index (χ4n) is 0.582. The zero-order chi connectivity index (χ0) is 8.69. The normalized spacial score (nSPS) is 13.0. The van der Waals surface area contributed by atoms with E-state index >= 15 is 0 Å². The highest BCUT2D eigenvalue weighted by atomic mass is 14.9. The molecule has 0 aromatic carbocycles. The first-order valence-electron chi connectivity index (χ1n) is 3.73. The number of nitrogens with one attached hydrogen (secondary N) is 2. The van der Waals surface area contributed by atoms with Crippen LogP contribution in [0.1, 0.15) is 20.8 Å². The Morgan fingerprint density at radius 1 is 1.45 bits per heavy atom. The molecule has 0 aromatic heterocycles. The summed E-state index contributed by atoms with van der Waals surface area (Å²) in [6, 6.07) is 0. The molecule has 0 spiro atoms. The van der Waals surface area contributed by atoms with Gasteiger partial charge in [0.05, 0.1) is 0 Å². The SMILES string of the molecule is C/C=C(\C)NC/C(C)=C/C=N. The summed E-state index contributed by atoms with van der Waals surface area (Å²) in [5, 5.41) is 10.0. The van der Waals surface area contributed by atoms with Crippen LogP contribution in [0.25, 0.3) is 0 Å². The second kappa shape index (κ2) is 5.71. The second-order valence-corrected chi connectivity index (χ2v) is 2.50. The lowest BCUT2D eigenvalue weighted by Crippen LogP contribution is -2.13. The van der Waals surface area contributed by atoms with E-state index in [-0.39, 0.29) is 0 Å². The predicted molar refractivity (Wildman–Crippen MR) is 50.0 cm³/mol. The Morgan fingerprint density at radius 3 is 2.55 bits per heavy atom. The van der Waals surface area contributed by atoms with E-state index < -0.39 is 0 Å². The lowest BCUT2D eigenvalue weighted by molar-refractivity contribution is 0.868. The van der Waals surface area contributed by atoms with Crippen LogP contribution in [0.3, 0.4) is 0 Å². The van der Waals surface area contributed by atoms with Crippen molar-refractivity contribution in [2.45, 2.75) is 20.8 Å². The summed E-state index contributed by atoms with van der Waals surface area (Å²) in [5.74, 6) is 0. The van der Waals surface area contributed by atoms with E-state index in [1.165, 1.54) is 17.5 Å². The van der Waals surface area contributed by atoms with Crippen molar-refractivity contribution in [3.8, 4) is 0 Å². The van der Waals surface area contributed by atoms with Crippen molar-refractivity contribution in [2.24, 2.45) is 0 Å². The van der Waals surface area contributed by atoms with E-state index in [0.717, 1.165) is 6.54 Å². The van der Waals surface area contributed by atoms with E-state index in [0.29, 0.717) is 0 Å². The number of hydrogen-bond donors (Lipinski definition) is 2. The molecule has 0 radical (unpaired) electrons. The van der Waals surface area contributed by atoms with Crippen LogP contribution in [0.2, 0.25) is 0 Å². The molecule has 0 rings (SSSR count). The molecule has 0 amide bonds. The van der Waals surface area contributed by atoms with Crippen molar-refractivity contribution in [3.63, 3.8) is 0 Å². The Kier molecular flexibility index (Phi) is 5.17. The van der Waals surface area contributed by atoms with Crippen molar-refractivity contribution in [3.05, 3.63) is 23.4 Å².